The Morgan fingerprint density at radius 1 is 0.557 bits per heavy atom. The van der Waals surface area contributed by atoms with Gasteiger partial charge in [-0.25, -0.2) is 4.98 Å². The fourth-order valence-corrected chi connectivity index (χ4v) is 8.77. The molecule has 25 heteroatoms. The van der Waals surface area contributed by atoms with Gasteiger partial charge in [0.1, 0.15) is 48.3 Å². The molecule has 0 saturated carbocycles. The minimum atomic E-state index is -1.37. The second-order valence-corrected chi connectivity index (χ2v) is 21.2. The van der Waals surface area contributed by atoms with Crippen LogP contribution in [0.15, 0.2) is 73.3 Å². The van der Waals surface area contributed by atoms with Crippen molar-refractivity contribution >= 4 is 82.6 Å². The van der Waals surface area contributed by atoms with Crippen LogP contribution in [-0.2, 0) is 67.2 Å². The summed E-state index contributed by atoms with van der Waals surface area (Å²) in [6.45, 7) is 12.1. The van der Waals surface area contributed by atoms with Crippen LogP contribution in [-0.4, -0.2) is 134 Å². The summed E-state index contributed by atoms with van der Waals surface area (Å²) in [6.07, 6.45) is 4.35. The van der Waals surface area contributed by atoms with Crippen LogP contribution < -0.4 is 59.7 Å². The minimum Gasteiger partial charge on any atom is -0.370 e. The fourth-order valence-electron chi connectivity index (χ4n) is 8.51. The van der Waals surface area contributed by atoms with E-state index < -0.39 is 119 Å². The molecule has 430 valence electrons. The molecule has 16 N–H and O–H groups in total. The molecule has 0 saturated heterocycles. The van der Waals surface area contributed by atoms with E-state index >= 15 is 0 Å². The van der Waals surface area contributed by atoms with Crippen molar-refractivity contribution in [3.63, 3.8) is 0 Å². The first-order valence-electron chi connectivity index (χ1n) is 26.3. The molecule has 24 nitrogen and oxygen atoms in total. The Morgan fingerprint density at radius 3 is 1.68 bits per heavy atom. The number of nitrogens with two attached hydrogens (primary N) is 3. The third-order valence-electron chi connectivity index (χ3n) is 12.8. The summed E-state index contributed by atoms with van der Waals surface area (Å²) < 4.78 is 0. The number of imidazole rings is 1. The second-order valence-electron chi connectivity index (χ2n) is 20.8. The monoisotopic (exact) mass is 1110 g/mol. The number of primary amides is 2. The third kappa shape index (κ3) is 20.5. The molecule has 0 fully saturated rings. The number of para-hydroxylation sites is 1. The number of hydrogen-bond acceptors (Lipinski definition) is 13. The quantitative estimate of drug-likeness (QED) is 0.0277. The molecule has 0 radical (unpaired) electrons. The number of aromatic nitrogens is 3. The van der Waals surface area contributed by atoms with Gasteiger partial charge in [-0.15, -0.1) is 0 Å². The zero-order valence-electron chi connectivity index (χ0n) is 45.7. The number of aromatic amines is 2. The molecule has 0 spiro atoms. The van der Waals surface area contributed by atoms with Gasteiger partial charge in [0, 0.05) is 54.0 Å². The number of rotatable bonds is 32. The summed E-state index contributed by atoms with van der Waals surface area (Å²) in [5.74, 6) is -8.58. The largest absolute Gasteiger partial charge is 0.370 e. The topological polar surface area (TPSA) is 389 Å². The van der Waals surface area contributed by atoms with Crippen LogP contribution in [0.5, 0.6) is 0 Å². The summed E-state index contributed by atoms with van der Waals surface area (Å²) in [4.78, 5) is 145. The molecule has 0 aliphatic heterocycles. The number of carbonyl (C=O) groups is 10. The van der Waals surface area contributed by atoms with E-state index in [1.165, 1.54) is 19.4 Å². The average Bonchev–Trinajstić information content (AvgIpc) is 4.09. The molecule has 10 amide bonds. The molecular formula is C54H78N14O10S. The number of carbonyl (C=O) groups excluding carboxylic acids is 10. The number of hydrogen-bond donors (Lipinski definition) is 14. The van der Waals surface area contributed by atoms with Crippen molar-refractivity contribution in [2.24, 2.45) is 35.0 Å². The van der Waals surface area contributed by atoms with Crippen molar-refractivity contribution in [1.29, 1.82) is 0 Å². The molecule has 0 aliphatic rings. The van der Waals surface area contributed by atoms with E-state index in [9.17, 15) is 47.9 Å². The Hall–Kier alpha value is -7.80. The van der Waals surface area contributed by atoms with Gasteiger partial charge in [-0.1, -0.05) is 90.1 Å². The summed E-state index contributed by atoms with van der Waals surface area (Å²) in [5, 5.41) is 21.9. The first-order valence-corrected chi connectivity index (χ1v) is 26.9. The van der Waals surface area contributed by atoms with Crippen LogP contribution in [0.3, 0.4) is 0 Å². The van der Waals surface area contributed by atoms with Crippen LogP contribution in [0.1, 0.15) is 91.0 Å². The van der Waals surface area contributed by atoms with E-state index in [4.69, 9.17) is 17.2 Å². The molecule has 79 heavy (non-hydrogen) atoms. The van der Waals surface area contributed by atoms with Gasteiger partial charge in [-0.3, -0.25) is 47.9 Å². The molecule has 2 aromatic heterocycles. The summed E-state index contributed by atoms with van der Waals surface area (Å²) in [7, 11) is 0. The van der Waals surface area contributed by atoms with Crippen LogP contribution in [0, 0.1) is 17.8 Å². The van der Waals surface area contributed by atoms with Gasteiger partial charge in [0.2, 0.25) is 59.1 Å². The van der Waals surface area contributed by atoms with Crippen molar-refractivity contribution in [2.45, 2.75) is 148 Å². The van der Waals surface area contributed by atoms with E-state index in [-0.39, 0.29) is 62.5 Å². The highest BCUT2D eigenvalue weighted by atomic mass is 32.1. The maximum Gasteiger partial charge on any atom is 0.244 e. The molecule has 9 atom stereocenters. The van der Waals surface area contributed by atoms with Crippen LogP contribution in [0.25, 0.3) is 10.9 Å². The first kappa shape index (κ1) is 63.7. The Balaban J connectivity index is 1.49. The SMILES string of the molecule is CC(C)C[C@H](NC(=O)[C@H](CC(C)C)NC(=O)[C@H](Cc1cnc[nH]1)NC(=O)[C@@H](CS)NC(=O)[C@@H](NC(=O)[C@H](C)NC(=O)[C@H](Cc1c[nH]c2ccccc12)NC(=O)[C@H](CCC(N)=O)NC(=O)[C@H](N)Cc1ccccc1)C(C)C)C(N)=O. The molecule has 0 bridgehead atoms. The van der Waals surface area contributed by atoms with Gasteiger partial charge in [-0.2, -0.15) is 12.6 Å². The van der Waals surface area contributed by atoms with Crippen molar-refractivity contribution in [1.82, 2.24) is 57.5 Å². The molecule has 2 heterocycles. The number of thiol groups is 1. The van der Waals surface area contributed by atoms with Crippen molar-refractivity contribution in [2.75, 3.05) is 5.75 Å². The highest BCUT2D eigenvalue weighted by Gasteiger charge is 2.36. The van der Waals surface area contributed by atoms with Gasteiger partial charge in [0.15, 0.2) is 0 Å². The lowest BCUT2D eigenvalue weighted by Crippen LogP contribution is -2.61. The fraction of sp³-hybridized carbons (Fsp3) is 0.500. The lowest BCUT2D eigenvalue weighted by molar-refractivity contribution is -0.136. The summed E-state index contributed by atoms with van der Waals surface area (Å²) >= 11 is 4.32. The van der Waals surface area contributed by atoms with Crippen molar-refractivity contribution < 1.29 is 47.9 Å². The lowest BCUT2D eigenvalue weighted by atomic mass is 9.99. The van der Waals surface area contributed by atoms with Crippen LogP contribution >= 0.6 is 12.6 Å². The van der Waals surface area contributed by atoms with Crippen LogP contribution in [0.4, 0.5) is 0 Å². The molecular weight excluding hydrogens is 1040 g/mol. The number of nitrogens with zero attached hydrogens (tertiary/aromatic N) is 1. The zero-order valence-corrected chi connectivity index (χ0v) is 46.6. The lowest BCUT2D eigenvalue weighted by Gasteiger charge is -2.28. The predicted octanol–water partition coefficient (Wildman–Crippen LogP) is -0.427. The van der Waals surface area contributed by atoms with Crippen molar-refractivity contribution in [3.8, 4) is 0 Å². The second kappa shape index (κ2) is 31.0. The highest BCUT2D eigenvalue weighted by Crippen LogP contribution is 2.20. The number of nitrogens with one attached hydrogen (secondary N) is 10. The number of benzene rings is 2. The molecule has 0 aliphatic carbocycles. The average molecular weight is 1120 g/mol. The van der Waals surface area contributed by atoms with Gasteiger partial charge in [0.05, 0.1) is 12.4 Å². The van der Waals surface area contributed by atoms with E-state index in [0.717, 1.165) is 16.5 Å². The summed E-state index contributed by atoms with van der Waals surface area (Å²) in [6, 6.07) is 5.01. The summed E-state index contributed by atoms with van der Waals surface area (Å²) in [5.41, 5.74) is 19.8. The molecule has 4 rings (SSSR count). The van der Waals surface area contributed by atoms with Gasteiger partial charge in [-0.05, 0) is 67.6 Å². The standard InChI is InChI=1S/C54H78N14O10S/c1-28(2)19-39(46(57)70)63-51(75)40(20-29(3)4)64-52(76)42(23-34-25-58-27-60-34)66-53(77)43(26-79)67-54(78)45(30(5)6)68-47(71)31(7)61-50(74)41(22-33-24-59-37-16-12-11-15-35(33)37)65-49(73)38(17-18-44(56)69)62-48(72)36(55)21-32-13-9-8-10-14-32/h8-16,24-25,27-31,36,38-43,45,59,79H,17-23,26,55H2,1-7H3,(H2,56,69)(H2,57,70)(H,58,60)(H,61,74)(H,62,72)(H,63,75)(H,64,76)(H,65,73)(H,66,77)(H,67,78)(H,68,71)/t31-,36+,38-,39-,40-,41-,42-,43+,45-/m0/s1. The van der Waals surface area contributed by atoms with Crippen LogP contribution in [0.2, 0.25) is 0 Å². The Kier molecular flexibility index (Phi) is 25.0. The number of amides is 10. The minimum absolute atomic E-state index is 0.0147. The Morgan fingerprint density at radius 2 is 1.09 bits per heavy atom. The predicted molar refractivity (Wildman–Crippen MR) is 299 cm³/mol. The normalized spacial score (nSPS) is 14.8. The van der Waals surface area contributed by atoms with E-state index in [1.807, 2.05) is 52.0 Å². The van der Waals surface area contributed by atoms with E-state index in [0.29, 0.717) is 11.3 Å². The Labute approximate surface area is 465 Å². The highest BCUT2D eigenvalue weighted by molar-refractivity contribution is 7.80. The van der Waals surface area contributed by atoms with E-state index in [2.05, 4.69) is 70.1 Å². The maximum atomic E-state index is 14.3. The smallest absolute Gasteiger partial charge is 0.244 e. The van der Waals surface area contributed by atoms with Gasteiger partial charge >= 0.3 is 0 Å². The maximum absolute atomic E-state index is 14.3. The molecule has 0 unspecified atom stereocenters. The Bertz CT molecular complexity index is 2720. The molecule has 4 aromatic rings. The third-order valence-corrected chi connectivity index (χ3v) is 13.2. The van der Waals surface area contributed by atoms with Gasteiger partial charge in [0.25, 0.3) is 0 Å². The van der Waals surface area contributed by atoms with E-state index in [1.54, 1.807) is 50.4 Å². The van der Waals surface area contributed by atoms with Gasteiger partial charge < -0.3 is 69.7 Å². The first-order chi connectivity index (χ1) is 37.4. The zero-order chi connectivity index (χ0) is 58.5. The number of fused-ring (bicyclic) bond motifs is 1. The number of H-pyrrole nitrogens is 2. The molecule has 2 aromatic carbocycles. The van der Waals surface area contributed by atoms with Crippen molar-refractivity contribution in [3.05, 3.63) is 90.1 Å².